The summed E-state index contributed by atoms with van der Waals surface area (Å²) in [6, 6.07) is 18.1. The van der Waals surface area contributed by atoms with Crippen LogP contribution < -0.4 is 0 Å². The third-order valence-corrected chi connectivity index (χ3v) is 5.43. The van der Waals surface area contributed by atoms with Gasteiger partial charge in [-0.15, -0.1) is 0 Å². The highest BCUT2D eigenvalue weighted by Crippen LogP contribution is 2.31. The fourth-order valence-corrected chi connectivity index (χ4v) is 3.75. The third kappa shape index (κ3) is 5.38. The van der Waals surface area contributed by atoms with E-state index in [4.69, 9.17) is 9.90 Å². The van der Waals surface area contributed by atoms with Gasteiger partial charge in [0.2, 0.25) is 0 Å². The molecule has 2 heterocycles. The number of nitrogens with zero attached hydrogens (tertiary/aromatic N) is 4. The van der Waals surface area contributed by atoms with Crippen LogP contribution >= 0.6 is 0 Å². The summed E-state index contributed by atoms with van der Waals surface area (Å²) in [5.41, 5.74) is 4.94. The molecule has 4 rings (SSSR count). The number of carbonyl (C=O) groups excluding carboxylic acids is 1. The summed E-state index contributed by atoms with van der Waals surface area (Å²) in [6.45, 7) is 6.47. The summed E-state index contributed by atoms with van der Waals surface area (Å²) >= 11 is 0. The molecular weight excluding hydrogens is 392 g/mol. The van der Waals surface area contributed by atoms with Crippen LogP contribution in [0, 0.1) is 0 Å². The van der Waals surface area contributed by atoms with Gasteiger partial charge in [0.05, 0.1) is 0 Å². The Kier molecular flexibility index (Phi) is 7.56. The van der Waals surface area contributed by atoms with Gasteiger partial charge in [-0.05, 0) is 24.2 Å². The van der Waals surface area contributed by atoms with Crippen molar-refractivity contribution in [1.29, 1.82) is 0 Å². The Morgan fingerprint density at radius 2 is 1.61 bits per heavy atom. The first-order valence-electron chi connectivity index (χ1n) is 10.4. The number of piperazine rings is 1. The Balaban J connectivity index is 0.000000858. The van der Waals surface area contributed by atoms with Gasteiger partial charge in [0.25, 0.3) is 12.4 Å². The van der Waals surface area contributed by atoms with Crippen molar-refractivity contribution in [1.82, 2.24) is 19.6 Å². The fourth-order valence-electron chi connectivity index (χ4n) is 3.75. The van der Waals surface area contributed by atoms with Crippen molar-refractivity contribution in [2.24, 2.45) is 7.05 Å². The second kappa shape index (κ2) is 10.5. The van der Waals surface area contributed by atoms with Crippen LogP contribution in [0.2, 0.25) is 0 Å². The highest BCUT2D eigenvalue weighted by Gasteiger charge is 2.21. The van der Waals surface area contributed by atoms with Crippen molar-refractivity contribution in [2.75, 3.05) is 32.7 Å². The highest BCUT2D eigenvalue weighted by atomic mass is 16.3. The molecule has 1 aromatic heterocycles. The lowest BCUT2D eigenvalue weighted by molar-refractivity contribution is -0.122. The van der Waals surface area contributed by atoms with Gasteiger partial charge < -0.3 is 14.9 Å². The molecule has 7 heteroatoms. The Hall–Kier alpha value is -3.45. The Morgan fingerprint density at radius 3 is 2.19 bits per heavy atom. The quantitative estimate of drug-likeness (QED) is 0.656. The van der Waals surface area contributed by atoms with Crippen molar-refractivity contribution >= 4 is 12.4 Å². The zero-order valence-corrected chi connectivity index (χ0v) is 17.9. The molecule has 162 valence electrons. The lowest BCUT2D eigenvalue weighted by atomic mass is 10.0. The number of benzene rings is 2. The summed E-state index contributed by atoms with van der Waals surface area (Å²) in [7, 11) is 1.93. The summed E-state index contributed by atoms with van der Waals surface area (Å²) in [4.78, 5) is 25.5. The normalized spacial score (nSPS) is 13.9. The van der Waals surface area contributed by atoms with Gasteiger partial charge in [-0.2, -0.15) is 5.10 Å². The van der Waals surface area contributed by atoms with Crippen molar-refractivity contribution in [2.45, 2.75) is 6.92 Å². The summed E-state index contributed by atoms with van der Waals surface area (Å²) in [6.07, 6.45) is 2.03. The van der Waals surface area contributed by atoms with E-state index in [0.717, 1.165) is 60.7 Å². The number of aryl methyl sites for hydroxylation is 1. The average molecular weight is 421 g/mol. The molecule has 0 aliphatic carbocycles. The van der Waals surface area contributed by atoms with E-state index in [9.17, 15) is 4.79 Å². The fraction of sp³-hybridized carbons (Fsp3) is 0.292. The zero-order valence-electron chi connectivity index (χ0n) is 17.9. The number of amides is 1. The molecule has 0 saturated carbocycles. The molecule has 7 nitrogen and oxygen atoms in total. The van der Waals surface area contributed by atoms with Crippen LogP contribution in [-0.2, 0) is 11.8 Å². The van der Waals surface area contributed by atoms with Crippen molar-refractivity contribution < 1.29 is 14.7 Å². The molecule has 31 heavy (non-hydrogen) atoms. The smallest absolute Gasteiger partial charge is 0.290 e. The number of rotatable bonds is 4. The van der Waals surface area contributed by atoms with Gasteiger partial charge >= 0.3 is 0 Å². The van der Waals surface area contributed by atoms with E-state index in [0.29, 0.717) is 0 Å². The van der Waals surface area contributed by atoms with Crippen LogP contribution in [0.15, 0.2) is 60.8 Å². The highest BCUT2D eigenvalue weighted by molar-refractivity contribution is 5.95. The third-order valence-electron chi connectivity index (χ3n) is 5.43. The number of aromatic nitrogens is 2. The molecule has 0 atom stereocenters. The molecule has 1 aliphatic heterocycles. The van der Waals surface area contributed by atoms with Crippen LogP contribution in [0.25, 0.3) is 22.4 Å². The van der Waals surface area contributed by atoms with E-state index in [1.165, 1.54) is 0 Å². The maximum Gasteiger partial charge on any atom is 0.290 e. The van der Waals surface area contributed by atoms with E-state index in [1.807, 2.05) is 65.3 Å². The average Bonchev–Trinajstić information content (AvgIpc) is 3.21. The van der Waals surface area contributed by atoms with Crippen LogP contribution in [0.3, 0.4) is 0 Å². The molecule has 0 unspecified atom stereocenters. The van der Waals surface area contributed by atoms with Crippen LogP contribution in [-0.4, -0.2) is 69.8 Å². The minimum absolute atomic E-state index is 0.122. The molecule has 1 saturated heterocycles. The first kappa shape index (κ1) is 22.2. The topological polar surface area (TPSA) is 78.7 Å². The largest absolute Gasteiger partial charge is 0.483 e. The molecule has 1 fully saturated rings. The number of hydrogen-bond donors (Lipinski definition) is 1. The maximum absolute atomic E-state index is 12.8. The Labute approximate surface area is 182 Å². The van der Waals surface area contributed by atoms with Gasteiger partial charge in [-0.25, -0.2) is 0 Å². The summed E-state index contributed by atoms with van der Waals surface area (Å²) in [5.74, 6) is 0.122. The van der Waals surface area contributed by atoms with Gasteiger partial charge in [0, 0.05) is 56.1 Å². The molecule has 1 N–H and O–H groups in total. The monoisotopic (exact) mass is 420 g/mol. The molecule has 0 bridgehead atoms. The number of carboxylic acid groups (broad SMARTS) is 1. The second-order valence-corrected chi connectivity index (χ2v) is 7.34. The molecule has 3 aromatic rings. The lowest BCUT2D eigenvalue weighted by Gasteiger charge is -2.34. The van der Waals surface area contributed by atoms with E-state index >= 15 is 0 Å². The van der Waals surface area contributed by atoms with E-state index in [2.05, 4.69) is 29.1 Å². The number of carbonyl (C=O) groups is 2. The molecule has 2 aromatic carbocycles. The molecule has 1 aliphatic rings. The first-order valence-corrected chi connectivity index (χ1v) is 10.4. The van der Waals surface area contributed by atoms with Gasteiger partial charge in [-0.3, -0.25) is 14.3 Å². The van der Waals surface area contributed by atoms with E-state index < -0.39 is 0 Å². The van der Waals surface area contributed by atoms with Crippen LogP contribution in [0.5, 0.6) is 0 Å². The molecular formula is C24H28N4O3. The minimum atomic E-state index is -0.250. The zero-order chi connectivity index (χ0) is 22.2. The van der Waals surface area contributed by atoms with Gasteiger partial charge in [-0.1, -0.05) is 49.4 Å². The van der Waals surface area contributed by atoms with Crippen molar-refractivity contribution in [3.63, 3.8) is 0 Å². The van der Waals surface area contributed by atoms with E-state index in [1.54, 1.807) is 0 Å². The Morgan fingerprint density at radius 1 is 1.00 bits per heavy atom. The van der Waals surface area contributed by atoms with Crippen LogP contribution in [0.1, 0.15) is 17.3 Å². The maximum atomic E-state index is 12.8. The molecule has 0 radical (unpaired) electrons. The predicted molar refractivity (Wildman–Crippen MR) is 121 cm³/mol. The predicted octanol–water partition coefficient (Wildman–Crippen LogP) is 3.23. The molecule has 0 spiro atoms. The van der Waals surface area contributed by atoms with Gasteiger partial charge in [0.15, 0.2) is 0 Å². The van der Waals surface area contributed by atoms with Crippen molar-refractivity contribution in [3.05, 3.63) is 66.4 Å². The van der Waals surface area contributed by atoms with Crippen molar-refractivity contribution in [3.8, 4) is 22.4 Å². The summed E-state index contributed by atoms with van der Waals surface area (Å²) < 4.78 is 1.84. The number of hydrogen-bond acceptors (Lipinski definition) is 4. The lowest BCUT2D eigenvalue weighted by Crippen LogP contribution is -2.48. The van der Waals surface area contributed by atoms with E-state index in [-0.39, 0.29) is 12.4 Å². The van der Waals surface area contributed by atoms with Gasteiger partial charge in [0.1, 0.15) is 5.69 Å². The Bertz CT molecular complexity index is 991. The summed E-state index contributed by atoms with van der Waals surface area (Å²) in [5, 5.41) is 11.5. The molecule has 1 amide bonds. The van der Waals surface area contributed by atoms with Crippen LogP contribution in [0.4, 0.5) is 0 Å². The second-order valence-electron chi connectivity index (χ2n) is 7.34. The first-order chi connectivity index (χ1) is 15.1. The minimum Gasteiger partial charge on any atom is -0.483 e. The standard InChI is InChI=1S/C23H26N4O.CH2O2/c1-3-26-13-15-27(16-14-26)23(28)20-11-9-18(10-12-20)21-17-25(2)24-22(21)19-7-5-4-6-8-19;2-1-3/h4-12,17H,3,13-16H2,1-2H3;1H,(H,2,3). The number of likely N-dealkylation sites (N-methyl/N-ethyl adjacent to an activating group) is 1. The SMILES string of the molecule is CCN1CCN(C(=O)c2ccc(-c3cn(C)nc3-c3ccccc3)cc2)CC1.O=CO.